The normalized spacial score (nSPS) is 10.3. The molecule has 0 amide bonds. The molecule has 0 bridgehead atoms. The summed E-state index contributed by atoms with van der Waals surface area (Å²) in [5.41, 5.74) is 9.93. The average molecular weight is 257 g/mol. The van der Waals surface area contributed by atoms with Gasteiger partial charge in [0.25, 0.3) is 0 Å². The largest absolute Gasteiger partial charge is 0.497 e. The summed E-state index contributed by atoms with van der Waals surface area (Å²) in [4.78, 5) is 0. The molecule has 3 nitrogen and oxygen atoms in total. The molecule has 0 saturated carbocycles. The fourth-order valence-corrected chi connectivity index (χ4v) is 2.10. The van der Waals surface area contributed by atoms with Crippen molar-refractivity contribution in [3.63, 3.8) is 0 Å². The SMILES string of the molecule is COc1cccc(COc2c(C)cc(C)cc2N)c1. The Hall–Kier alpha value is -2.16. The van der Waals surface area contributed by atoms with Crippen LogP contribution in [0.4, 0.5) is 5.69 Å². The van der Waals surface area contributed by atoms with Crippen LogP contribution in [0.2, 0.25) is 0 Å². The van der Waals surface area contributed by atoms with Gasteiger partial charge in [-0.05, 0) is 48.7 Å². The summed E-state index contributed by atoms with van der Waals surface area (Å²) in [7, 11) is 1.65. The minimum absolute atomic E-state index is 0.477. The van der Waals surface area contributed by atoms with Crippen molar-refractivity contribution in [3.05, 3.63) is 53.1 Å². The lowest BCUT2D eigenvalue weighted by Crippen LogP contribution is -2.01. The molecule has 0 atom stereocenters. The van der Waals surface area contributed by atoms with E-state index in [0.717, 1.165) is 28.2 Å². The van der Waals surface area contributed by atoms with Crippen LogP contribution in [0.25, 0.3) is 0 Å². The van der Waals surface area contributed by atoms with Gasteiger partial charge in [-0.3, -0.25) is 0 Å². The number of benzene rings is 2. The van der Waals surface area contributed by atoms with E-state index in [1.54, 1.807) is 7.11 Å². The van der Waals surface area contributed by atoms with Gasteiger partial charge in [-0.25, -0.2) is 0 Å². The zero-order valence-corrected chi connectivity index (χ0v) is 11.6. The Balaban J connectivity index is 2.14. The minimum Gasteiger partial charge on any atom is -0.497 e. The quantitative estimate of drug-likeness (QED) is 0.853. The minimum atomic E-state index is 0.477. The summed E-state index contributed by atoms with van der Waals surface area (Å²) < 4.78 is 11.0. The molecule has 0 fully saturated rings. The number of anilines is 1. The van der Waals surface area contributed by atoms with E-state index < -0.39 is 0 Å². The van der Waals surface area contributed by atoms with E-state index in [1.165, 1.54) is 0 Å². The zero-order chi connectivity index (χ0) is 13.8. The van der Waals surface area contributed by atoms with E-state index in [0.29, 0.717) is 12.3 Å². The van der Waals surface area contributed by atoms with Crippen LogP contribution in [0, 0.1) is 13.8 Å². The van der Waals surface area contributed by atoms with E-state index in [-0.39, 0.29) is 0 Å². The maximum atomic E-state index is 5.99. The molecule has 0 unspecified atom stereocenters. The molecule has 0 aromatic heterocycles. The van der Waals surface area contributed by atoms with Crippen molar-refractivity contribution in [1.29, 1.82) is 0 Å². The molecule has 2 aromatic rings. The van der Waals surface area contributed by atoms with E-state index in [9.17, 15) is 0 Å². The summed E-state index contributed by atoms with van der Waals surface area (Å²) >= 11 is 0. The molecule has 0 aliphatic rings. The second-order valence-corrected chi connectivity index (χ2v) is 4.64. The van der Waals surface area contributed by atoms with Crippen molar-refractivity contribution in [2.75, 3.05) is 12.8 Å². The third kappa shape index (κ3) is 3.19. The highest BCUT2D eigenvalue weighted by molar-refractivity contribution is 5.58. The van der Waals surface area contributed by atoms with Gasteiger partial charge < -0.3 is 15.2 Å². The van der Waals surface area contributed by atoms with Gasteiger partial charge in [0.1, 0.15) is 18.1 Å². The molecule has 2 rings (SSSR count). The first-order chi connectivity index (χ1) is 9.10. The van der Waals surface area contributed by atoms with Gasteiger partial charge in [0, 0.05) is 0 Å². The van der Waals surface area contributed by atoms with E-state index in [4.69, 9.17) is 15.2 Å². The van der Waals surface area contributed by atoms with Crippen molar-refractivity contribution in [3.8, 4) is 11.5 Å². The molecule has 2 N–H and O–H groups in total. The van der Waals surface area contributed by atoms with Gasteiger partial charge in [0.05, 0.1) is 12.8 Å². The Labute approximate surface area is 114 Å². The number of nitrogen functional groups attached to an aromatic ring is 1. The molecule has 0 saturated heterocycles. The lowest BCUT2D eigenvalue weighted by Gasteiger charge is -2.13. The predicted molar refractivity (Wildman–Crippen MR) is 77.7 cm³/mol. The standard InChI is InChI=1S/C16H19NO2/c1-11-7-12(2)16(15(17)8-11)19-10-13-5-4-6-14(9-13)18-3/h4-9H,10,17H2,1-3H3. The number of rotatable bonds is 4. The Bertz CT molecular complexity index is 556. The Morgan fingerprint density at radius 2 is 1.89 bits per heavy atom. The number of aryl methyl sites for hydroxylation is 2. The van der Waals surface area contributed by atoms with Gasteiger partial charge in [0.2, 0.25) is 0 Å². The van der Waals surface area contributed by atoms with Crippen molar-refractivity contribution < 1.29 is 9.47 Å². The summed E-state index contributed by atoms with van der Waals surface area (Å²) in [6.45, 7) is 4.50. The van der Waals surface area contributed by atoms with E-state index in [2.05, 4.69) is 6.07 Å². The molecule has 0 radical (unpaired) electrons. The van der Waals surface area contributed by atoms with Gasteiger partial charge in [-0.2, -0.15) is 0 Å². The second kappa shape index (κ2) is 5.65. The van der Waals surface area contributed by atoms with Gasteiger partial charge in [-0.1, -0.05) is 18.2 Å². The maximum absolute atomic E-state index is 5.99. The van der Waals surface area contributed by atoms with Crippen LogP contribution >= 0.6 is 0 Å². The van der Waals surface area contributed by atoms with Gasteiger partial charge >= 0.3 is 0 Å². The molecule has 3 heteroatoms. The first kappa shape index (κ1) is 13.3. The highest BCUT2D eigenvalue weighted by atomic mass is 16.5. The first-order valence-electron chi connectivity index (χ1n) is 6.22. The smallest absolute Gasteiger partial charge is 0.145 e. The molecule has 0 heterocycles. The summed E-state index contributed by atoms with van der Waals surface area (Å²) in [5.74, 6) is 1.59. The Morgan fingerprint density at radius 3 is 2.58 bits per heavy atom. The fourth-order valence-electron chi connectivity index (χ4n) is 2.10. The zero-order valence-electron chi connectivity index (χ0n) is 11.6. The number of nitrogens with two attached hydrogens (primary N) is 1. The molecular weight excluding hydrogens is 238 g/mol. The molecule has 0 aliphatic carbocycles. The molecule has 0 spiro atoms. The van der Waals surface area contributed by atoms with Crippen molar-refractivity contribution >= 4 is 5.69 Å². The predicted octanol–water partition coefficient (Wildman–Crippen LogP) is 3.47. The lowest BCUT2D eigenvalue weighted by molar-refractivity contribution is 0.305. The Morgan fingerprint density at radius 1 is 1.11 bits per heavy atom. The van der Waals surface area contributed by atoms with Crippen LogP contribution in [0.1, 0.15) is 16.7 Å². The van der Waals surface area contributed by atoms with Crippen molar-refractivity contribution in [1.82, 2.24) is 0 Å². The number of hydrogen-bond acceptors (Lipinski definition) is 3. The van der Waals surface area contributed by atoms with Gasteiger partial charge in [-0.15, -0.1) is 0 Å². The highest BCUT2D eigenvalue weighted by Crippen LogP contribution is 2.28. The number of hydrogen-bond donors (Lipinski definition) is 1. The molecule has 100 valence electrons. The lowest BCUT2D eigenvalue weighted by atomic mass is 10.1. The van der Waals surface area contributed by atoms with E-state index >= 15 is 0 Å². The summed E-state index contributed by atoms with van der Waals surface area (Å²) in [5, 5.41) is 0. The van der Waals surface area contributed by atoms with Crippen LogP contribution < -0.4 is 15.2 Å². The molecule has 19 heavy (non-hydrogen) atoms. The van der Waals surface area contributed by atoms with Crippen LogP contribution in [-0.4, -0.2) is 7.11 Å². The van der Waals surface area contributed by atoms with E-state index in [1.807, 2.05) is 44.2 Å². The third-order valence-electron chi connectivity index (χ3n) is 2.97. The maximum Gasteiger partial charge on any atom is 0.145 e. The van der Waals surface area contributed by atoms with Crippen LogP contribution in [-0.2, 0) is 6.61 Å². The van der Waals surface area contributed by atoms with Crippen LogP contribution in [0.5, 0.6) is 11.5 Å². The third-order valence-corrected chi connectivity index (χ3v) is 2.97. The monoisotopic (exact) mass is 257 g/mol. The van der Waals surface area contributed by atoms with Gasteiger partial charge in [0.15, 0.2) is 0 Å². The number of methoxy groups -OCH3 is 1. The summed E-state index contributed by atoms with van der Waals surface area (Å²) in [6, 6.07) is 11.8. The molecule has 0 aliphatic heterocycles. The first-order valence-corrected chi connectivity index (χ1v) is 6.22. The van der Waals surface area contributed by atoms with Crippen LogP contribution in [0.15, 0.2) is 36.4 Å². The van der Waals surface area contributed by atoms with Crippen molar-refractivity contribution in [2.45, 2.75) is 20.5 Å². The fraction of sp³-hybridized carbons (Fsp3) is 0.250. The summed E-state index contributed by atoms with van der Waals surface area (Å²) in [6.07, 6.45) is 0. The van der Waals surface area contributed by atoms with Crippen LogP contribution in [0.3, 0.4) is 0 Å². The average Bonchev–Trinajstić information content (AvgIpc) is 2.37. The molecular formula is C16H19NO2. The number of ether oxygens (including phenoxy) is 2. The molecule has 2 aromatic carbocycles. The topological polar surface area (TPSA) is 44.5 Å². The Kier molecular flexibility index (Phi) is 3.95. The second-order valence-electron chi connectivity index (χ2n) is 4.64. The van der Waals surface area contributed by atoms with Crippen molar-refractivity contribution in [2.24, 2.45) is 0 Å². The highest BCUT2D eigenvalue weighted by Gasteiger charge is 2.06.